The van der Waals surface area contributed by atoms with Crippen LogP contribution in [0.5, 0.6) is 5.75 Å². The largest absolute Gasteiger partial charge is 0.497 e. The maximum atomic E-state index is 9.47. The third kappa shape index (κ3) is 4.06. The molecular weight excluding hydrogens is 262 g/mol. The van der Waals surface area contributed by atoms with Gasteiger partial charge in [-0.1, -0.05) is 49.4 Å². The first-order valence-electron chi connectivity index (χ1n) is 7.34. The molecule has 0 radical (unpaired) electrons. The molecule has 0 heterocycles. The van der Waals surface area contributed by atoms with Crippen LogP contribution in [-0.4, -0.2) is 24.9 Å². The summed E-state index contributed by atoms with van der Waals surface area (Å²) in [5, 5.41) is 13.0. The molecule has 0 spiro atoms. The number of hydrogen-bond acceptors (Lipinski definition) is 3. The molecule has 2 rings (SSSR count). The second-order valence-electron chi connectivity index (χ2n) is 5.07. The van der Waals surface area contributed by atoms with E-state index in [1.807, 2.05) is 30.3 Å². The Balaban J connectivity index is 2.30. The molecule has 0 saturated carbocycles. The lowest BCUT2D eigenvalue weighted by atomic mass is 9.97. The van der Waals surface area contributed by atoms with Crippen LogP contribution in [0.4, 0.5) is 0 Å². The highest BCUT2D eigenvalue weighted by atomic mass is 16.5. The van der Waals surface area contributed by atoms with Gasteiger partial charge in [-0.2, -0.15) is 0 Å². The van der Waals surface area contributed by atoms with Crippen LogP contribution < -0.4 is 10.1 Å². The van der Waals surface area contributed by atoms with Gasteiger partial charge in [0.1, 0.15) is 5.75 Å². The maximum absolute atomic E-state index is 9.47. The number of ether oxygens (including phenoxy) is 1. The molecule has 0 aliphatic carbocycles. The van der Waals surface area contributed by atoms with E-state index >= 15 is 0 Å². The average molecular weight is 285 g/mol. The summed E-state index contributed by atoms with van der Waals surface area (Å²) < 4.78 is 5.22. The number of aliphatic hydroxyl groups excluding tert-OH is 1. The van der Waals surface area contributed by atoms with E-state index < -0.39 is 0 Å². The van der Waals surface area contributed by atoms with E-state index in [2.05, 4.69) is 36.5 Å². The van der Waals surface area contributed by atoms with Crippen molar-refractivity contribution >= 4 is 0 Å². The number of rotatable bonds is 7. The fraction of sp³-hybridized carbons (Fsp3) is 0.333. The van der Waals surface area contributed by atoms with E-state index in [1.54, 1.807) is 7.11 Å². The van der Waals surface area contributed by atoms with Crippen LogP contribution in [-0.2, 0) is 0 Å². The number of aliphatic hydroxyl groups is 1. The number of benzene rings is 2. The molecule has 2 atom stereocenters. The van der Waals surface area contributed by atoms with Gasteiger partial charge in [0.05, 0.1) is 19.8 Å². The first-order chi connectivity index (χ1) is 10.3. The standard InChI is InChI=1S/C18H23NO2/c1-3-16(13-20)19-18(14-7-5-4-6-8-14)15-9-11-17(21-2)12-10-15/h4-12,16,18-20H,3,13H2,1-2H3/t16-,18?/m0/s1. The Morgan fingerprint density at radius 2 is 1.62 bits per heavy atom. The SMILES string of the molecule is CC[C@@H](CO)NC(c1ccccc1)c1ccc(OC)cc1. The van der Waals surface area contributed by atoms with Crippen LogP contribution in [0.1, 0.15) is 30.5 Å². The van der Waals surface area contributed by atoms with E-state index in [-0.39, 0.29) is 18.7 Å². The molecule has 3 heteroatoms. The molecule has 1 unspecified atom stereocenters. The van der Waals surface area contributed by atoms with Gasteiger partial charge in [-0.05, 0) is 29.7 Å². The van der Waals surface area contributed by atoms with E-state index in [9.17, 15) is 5.11 Å². The summed E-state index contributed by atoms with van der Waals surface area (Å²) in [5.74, 6) is 0.847. The fourth-order valence-electron chi connectivity index (χ4n) is 2.36. The Morgan fingerprint density at radius 1 is 1.00 bits per heavy atom. The average Bonchev–Trinajstić information content (AvgIpc) is 2.57. The lowest BCUT2D eigenvalue weighted by molar-refractivity contribution is 0.232. The molecule has 0 bridgehead atoms. The molecule has 3 nitrogen and oxygen atoms in total. The van der Waals surface area contributed by atoms with E-state index in [0.717, 1.165) is 17.7 Å². The molecule has 0 aliphatic rings. The van der Waals surface area contributed by atoms with Crippen molar-refractivity contribution in [3.05, 3.63) is 65.7 Å². The number of methoxy groups -OCH3 is 1. The van der Waals surface area contributed by atoms with Crippen molar-refractivity contribution in [1.29, 1.82) is 0 Å². The fourth-order valence-corrected chi connectivity index (χ4v) is 2.36. The summed E-state index contributed by atoms with van der Waals surface area (Å²) >= 11 is 0. The van der Waals surface area contributed by atoms with Crippen molar-refractivity contribution in [3.8, 4) is 5.75 Å². The molecule has 0 aromatic heterocycles. The predicted octanol–water partition coefficient (Wildman–Crippen LogP) is 3.15. The highest BCUT2D eigenvalue weighted by molar-refractivity contribution is 5.35. The van der Waals surface area contributed by atoms with Gasteiger partial charge < -0.3 is 15.2 Å². The monoisotopic (exact) mass is 285 g/mol. The van der Waals surface area contributed by atoms with Gasteiger partial charge in [0, 0.05) is 6.04 Å². The Bertz CT molecular complexity index is 521. The van der Waals surface area contributed by atoms with Crippen molar-refractivity contribution in [2.45, 2.75) is 25.4 Å². The third-order valence-corrected chi connectivity index (χ3v) is 3.70. The van der Waals surface area contributed by atoms with Gasteiger partial charge in [0.2, 0.25) is 0 Å². The summed E-state index contributed by atoms with van der Waals surface area (Å²) in [6, 6.07) is 18.5. The Kier molecular flexibility index (Phi) is 5.78. The molecule has 112 valence electrons. The predicted molar refractivity (Wildman–Crippen MR) is 85.6 cm³/mol. The van der Waals surface area contributed by atoms with E-state index in [4.69, 9.17) is 4.74 Å². The van der Waals surface area contributed by atoms with Gasteiger partial charge in [-0.25, -0.2) is 0 Å². The van der Waals surface area contributed by atoms with E-state index in [0.29, 0.717) is 0 Å². The second kappa shape index (κ2) is 7.81. The number of hydrogen-bond donors (Lipinski definition) is 2. The minimum absolute atomic E-state index is 0.0641. The van der Waals surface area contributed by atoms with Crippen LogP contribution in [0.15, 0.2) is 54.6 Å². The van der Waals surface area contributed by atoms with Gasteiger partial charge >= 0.3 is 0 Å². The highest BCUT2D eigenvalue weighted by Gasteiger charge is 2.17. The topological polar surface area (TPSA) is 41.5 Å². The molecule has 2 N–H and O–H groups in total. The molecule has 2 aromatic rings. The zero-order chi connectivity index (χ0) is 15.1. The Labute approximate surface area is 126 Å². The van der Waals surface area contributed by atoms with Crippen LogP contribution in [0.25, 0.3) is 0 Å². The normalized spacial score (nSPS) is 13.7. The minimum Gasteiger partial charge on any atom is -0.497 e. The summed E-state index contributed by atoms with van der Waals surface area (Å²) in [6.07, 6.45) is 0.885. The summed E-state index contributed by atoms with van der Waals surface area (Å²) in [6.45, 7) is 2.21. The zero-order valence-electron chi connectivity index (χ0n) is 12.6. The van der Waals surface area contributed by atoms with Crippen LogP contribution >= 0.6 is 0 Å². The van der Waals surface area contributed by atoms with Gasteiger partial charge in [0.25, 0.3) is 0 Å². The molecule has 0 aliphatic heterocycles. The van der Waals surface area contributed by atoms with Crippen LogP contribution in [0.2, 0.25) is 0 Å². The second-order valence-corrected chi connectivity index (χ2v) is 5.07. The smallest absolute Gasteiger partial charge is 0.118 e. The van der Waals surface area contributed by atoms with Crippen molar-refractivity contribution in [1.82, 2.24) is 5.32 Å². The Morgan fingerprint density at radius 3 is 2.14 bits per heavy atom. The summed E-state index contributed by atoms with van der Waals surface area (Å²) in [5.41, 5.74) is 2.35. The quantitative estimate of drug-likeness (QED) is 0.821. The van der Waals surface area contributed by atoms with Crippen molar-refractivity contribution in [2.24, 2.45) is 0 Å². The minimum atomic E-state index is 0.0641. The first-order valence-corrected chi connectivity index (χ1v) is 7.34. The maximum Gasteiger partial charge on any atom is 0.118 e. The van der Waals surface area contributed by atoms with E-state index in [1.165, 1.54) is 5.56 Å². The molecule has 21 heavy (non-hydrogen) atoms. The van der Waals surface area contributed by atoms with Crippen molar-refractivity contribution in [2.75, 3.05) is 13.7 Å². The molecule has 0 fully saturated rings. The Hall–Kier alpha value is -1.84. The molecule has 2 aromatic carbocycles. The lowest BCUT2D eigenvalue weighted by Gasteiger charge is -2.25. The van der Waals surface area contributed by atoms with Gasteiger partial charge in [0.15, 0.2) is 0 Å². The molecule has 0 amide bonds. The molecule has 0 saturated heterocycles. The molecular formula is C18H23NO2. The van der Waals surface area contributed by atoms with Crippen LogP contribution in [0, 0.1) is 0 Å². The van der Waals surface area contributed by atoms with Crippen molar-refractivity contribution in [3.63, 3.8) is 0 Å². The lowest BCUT2D eigenvalue weighted by Crippen LogP contribution is -2.35. The highest BCUT2D eigenvalue weighted by Crippen LogP contribution is 2.24. The summed E-state index contributed by atoms with van der Waals surface area (Å²) in [7, 11) is 1.67. The first kappa shape index (κ1) is 15.5. The third-order valence-electron chi connectivity index (χ3n) is 3.70. The van der Waals surface area contributed by atoms with Crippen LogP contribution in [0.3, 0.4) is 0 Å². The van der Waals surface area contributed by atoms with Gasteiger partial charge in [-0.3, -0.25) is 0 Å². The summed E-state index contributed by atoms with van der Waals surface area (Å²) in [4.78, 5) is 0. The number of nitrogens with one attached hydrogen (secondary N) is 1. The zero-order valence-corrected chi connectivity index (χ0v) is 12.6. The van der Waals surface area contributed by atoms with Crippen molar-refractivity contribution < 1.29 is 9.84 Å². The van der Waals surface area contributed by atoms with Gasteiger partial charge in [-0.15, -0.1) is 0 Å².